The number of nitrogens with two attached hydrogens (primary N) is 1. The number of nitrogens with one attached hydrogen (secondary N) is 1. The Hall–Kier alpha value is -2.44. The number of benzene rings is 2. The quantitative estimate of drug-likeness (QED) is 0.715. The zero-order valence-electron chi connectivity index (χ0n) is 13.5. The Morgan fingerprint density at radius 1 is 1.25 bits per heavy atom. The highest BCUT2D eigenvalue weighted by Crippen LogP contribution is 2.18. The molecule has 0 bridgehead atoms. The van der Waals surface area contributed by atoms with Crippen LogP contribution < -0.4 is 15.8 Å². The van der Waals surface area contributed by atoms with Crippen LogP contribution in [0.5, 0.6) is 5.75 Å². The van der Waals surface area contributed by atoms with Crippen LogP contribution in [0.3, 0.4) is 0 Å². The smallest absolute Gasteiger partial charge is 0.242 e. The first-order chi connectivity index (χ1) is 11.5. The molecule has 0 fully saturated rings. The Kier molecular flexibility index (Phi) is 5.89. The zero-order valence-corrected chi connectivity index (χ0v) is 13.5. The van der Waals surface area contributed by atoms with E-state index in [1.807, 2.05) is 0 Å². The van der Waals surface area contributed by atoms with Gasteiger partial charge in [-0.15, -0.1) is 0 Å². The summed E-state index contributed by atoms with van der Waals surface area (Å²) in [5.41, 5.74) is 5.83. The average Bonchev–Trinajstić information content (AvgIpc) is 2.61. The van der Waals surface area contributed by atoms with Crippen molar-refractivity contribution < 1.29 is 19.0 Å². The normalized spacial score (nSPS) is 13.2. The summed E-state index contributed by atoms with van der Waals surface area (Å²) in [5.74, 6) is -0.158. The van der Waals surface area contributed by atoms with Gasteiger partial charge in [-0.3, -0.25) is 4.79 Å². The van der Waals surface area contributed by atoms with Crippen molar-refractivity contribution in [2.24, 2.45) is 5.73 Å². The third-order valence-corrected chi connectivity index (χ3v) is 3.76. The minimum atomic E-state index is -1.37. The first-order valence-electron chi connectivity index (χ1n) is 7.55. The molecule has 0 aliphatic heterocycles. The van der Waals surface area contributed by atoms with Crippen molar-refractivity contribution in [3.63, 3.8) is 0 Å². The van der Waals surface area contributed by atoms with Gasteiger partial charge >= 0.3 is 0 Å². The molecule has 0 aliphatic carbocycles. The number of likely N-dealkylation sites (N-methyl/N-ethyl adjacent to an activating group) is 1. The molecular formula is C18H21FN2O3. The number of carbonyl (C=O) groups is 1. The second-order valence-corrected chi connectivity index (χ2v) is 5.59. The van der Waals surface area contributed by atoms with E-state index in [-0.39, 0.29) is 18.8 Å². The molecule has 0 aliphatic rings. The van der Waals surface area contributed by atoms with Gasteiger partial charge in [0.25, 0.3) is 0 Å². The zero-order chi connectivity index (χ0) is 17.6. The number of rotatable bonds is 7. The maximum atomic E-state index is 13.5. The molecule has 24 heavy (non-hydrogen) atoms. The Bertz CT molecular complexity index is 691. The Morgan fingerprint density at radius 3 is 2.50 bits per heavy atom. The number of carbonyl (C=O) groups excluding carboxylic acids is 1. The van der Waals surface area contributed by atoms with E-state index in [2.05, 4.69) is 5.32 Å². The molecule has 128 valence electrons. The summed E-state index contributed by atoms with van der Waals surface area (Å²) < 4.78 is 19.1. The van der Waals surface area contributed by atoms with Crippen LogP contribution in [-0.2, 0) is 17.8 Å². The number of aliphatic hydroxyl groups is 1. The van der Waals surface area contributed by atoms with E-state index < -0.39 is 18.1 Å². The van der Waals surface area contributed by atoms with Gasteiger partial charge in [0, 0.05) is 19.0 Å². The van der Waals surface area contributed by atoms with Crippen molar-refractivity contribution >= 4 is 5.91 Å². The molecule has 6 heteroatoms. The van der Waals surface area contributed by atoms with Gasteiger partial charge in [0.2, 0.25) is 5.91 Å². The molecule has 2 aromatic carbocycles. The van der Waals surface area contributed by atoms with Crippen LogP contribution in [0.2, 0.25) is 0 Å². The van der Waals surface area contributed by atoms with Crippen LogP contribution in [0.25, 0.3) is 0 Å². The largest absolute Gasteiger partial charge is 0.489 e. The highest BCUT2D eigenvalue weighted by molar-refractivity contribution is 5.86. The van der Waals surface area contributed by atoms with Crippen molar-refractivity contribution in [2.75, 3.05) is 13.7 Å². The molecule has 5 nitrogen and oxygen atoms in total. The third kappa shape index (κ3) is 4.31. The van der Waals surface area contributed by atoms with Crippen LogP contribution in [-0.4, -0.2) is 30.2 Å². The van der Waals surface area contributed by atoms with Crippen molar-refractivity contribution in [1.29, 1.82) is 0 Å². The highest BCUT2D eigenvalue weighted by atomic mass is 19.1. The minimum absolute atomic E-state index is 0.127. The fourth-order valence-corrected chi connectivity index (χ4v) is 2.30. The molecule has 0 aromatic heterocycles. The molecule has 2 aromatic rings. The first-order valence-corrected chi connectivity index (χ1v) is 7.55. The van der Waals surface area contributed by atoms with Gasteiger partial charge in [-0.2, -0.15) is 0 Å². The fourth-order valence-electron chi connectivity index (χ4n) is 2.30. The molecule has 0 radical (unpaired) electrons. The van der Waals surface area contributed by atoms with Crippen molar-refractivity contribution in [3.8, 4) is 5.75 Å². The van der Waals surface area contributed by atoms with Gasteiger partial charge in [0.1, 0.15) is 23.7 Å². The summed E-state index contributed by atoms with van der Waals surface area (Å²) in [6, 6.07) is 13.4. The molecule has 2 rings (SSSR count). The first kappa shape index (κ1) is 17.9. The van der Waals surface area contributed by atoms with Gasteiger partial charge in [-0.05, 0) is 23.8 Å². The lowest BCUT2D eigenvalue weighted by Crippen LogP contribution is -2.57. The number of aliphatic hydroxyl groups excluding tert-OH is 1. The summed E-state index contributed by atoms with van der Waals surface area (Å²) in [6.45, 7) is -0.333. The SMILES string of the molecule is CNC(=O)C(N)(CO)Cc1ccc(OCc2ccccc2F)cc1. The second-order valence-electron chi connectivity index (χ2n) is 5.59. The molecule has 0 saturated heterocycles. The Morgan fingerprint density at radius 2 is 1.92 bits per heavy atom. The molecule has 0 heterocycles. The van der Waals surface area contributed by atoms with Crippen molar-refractivity contribution in [2.45, 2.75) is 18.6 Å². The average molecular weight is 332 g/mol. The van der Waals surface area contributed by atoms with Crippen molar-refractivity contribution in [3.05, 3.63) is 65.5 Å². The number of ether oxygens (including phenoxy) is 1. The maximum absolute atomic E-state index is 13.5. The van der Waals surface area contributed by atoms with Crippen LogP contribution >= 0.6 is 0 Å². The predicted octanol–water partition coefficient (Wildman–Crippen LogP) is 1.38. The van der Waals surface area contributed by atoms with Gasteiger partial charge in [-0.25, -0.2) is 4.39 Å². The van der Waals surface area contributed by atoms with E-state index in [0.717, 1.165) is 5.56 Å². The Labute approximate surface area is 140 Å². The number of amides is 1. The van der Waals surface area contributed by atoms with Gasteiger partial charge in [0.05, 0.1) is 6.61 Å². The van der Waals surface area contributed by atoms with Crippen LogP contribution in [0.1, 0.15) is 11.1 Å². The molecule has 0 spiro atoms. The van der Waals surface area contributed by atoms with E-state index in [0.29, 0.717) is 11.3 Å². The van der Waals surface area contributed by atoms with E-state index in [9.17, 15) is 14.3 Å². The predicted molar refractivity (Wildman–Crippen MR) is 88.9 cm³/mol. The number of halogens is 1. The monoisotopic (exact) mass is 332 g/mol. The van der Waals surface area contributed by atoms with Gasteiger partial charge in [0.15, 0.2) is 0 Å². The lowest BCUT2D eigenvalue weighted by molar-refractivity contribution is -0.127. The topological polar surface area (TPSA) is 84.6 Å². The van der Waals surface area contributed by atoms with E-state index >= 15 is 0 Å². The molecule has 1 amide bonds. The third-order valence-electron chi connectivity index (χ3n) is 3.76. The molecule has 1 atom stereocenters. The van der Waals surface area contributed by atoms with Gasteiger partial charge < -0.3 is 20.9 Å². The molecule has 1 unspecified atom stereocenters. The second kappa shape index (κ2) is 7.90. The molecular weight excluding hydrogens is 311 g/mol. The summed E-state index contributed by atoms with van der Waals surface area (Å²) in [5, 5.41) is 11.8. The highest BCUT2D eigenvalue weighted by Gasteiger charge is 2.32. The van der Waals surface area contributed by atoms with E-state index in [4.69, 9.17) is 10.5 Å². The summed E-state index contributed by atoms with van der Waals surface area (Å²) in [6.07, 6.45) is 0.191. The van der Waals surface area contributed by atoms with Gasteiger partial charge in [-0.1, -0.05) is 30.3 Å². The maximum Gasteiger partial charge on any atom is 0.242 e. The fraction of sp³-hybridized carbons (Fsp3) is 0.278. The summed E-state index contributed by atoms with van der Waals surface area (Å²) in [4.78, 5) is 11.8. The molecule has 0 saturated carbocycles. The Balaban J connectivity index is 2.00. The van der Waals surface area contributed by atoms with Crippen LogP contribution in [0.15, 0.2) is 48.5 Å². The number of hydrogen-bond acceptors (Lipinski definition) is 4. The van der Waals surface area contributed by atoms with E-state index in [1.165, 1.54) is 13.1 Å². The summed E-state index contributed by atoms with van der Waals surface area (Å²) in [7, 11) is 1.47. The molecule has 4 N–H and O–H groups in total. The minimum Gasteiger partial charge on any atom is -0.489 e. The lowest BCUT2D eigenvalue weighted by atomic mass is 9.91. The van der Waals surface area contributed by atoms with Crippen LogP contribution in [0.4, 0.5) is 4.39 Å². The van der Waals surface area contributed by atoms with E-state index in [1.54, 1.807) is 42.5 Å². The lowest BCUT2D eigenvalue weighted by Gasteiger charge is -2.25. The summed E-state index contributed by atoms with van der Waals surface area (Å²) >= 11 is 0. The number of hydrogen-bond donors (Lipinski definition) is 3. The van der Waals surface area contributed by atoms with Crippen molar-refractivity contribution in [1.82, 2.24) is 5.32 Å². The van der Waals surface area contributed by atoms with Crippen LogP contribution in [0, 0.1) is 5.82 Å². The standard InChI is InChI=1S/C18H21FN2O3/c1-21-17(23)18(20,12-22)10-13-6-8-15(9-7-13)24-11-14-4-2-3-5-16(14)19/h2-9,22H,10-12,20H2,1H3,(H,21,23).